The van der Waals surface area contributed by atoms with Crippen molar-refractivity contribution >= 4 is 0 Å². The normalized spacial score (nSPS) is 22.2. The maximum absolute atomic E-state index is 9.14. The summed E-state index contributed by atoms with van der Waals surface area (Å²) in [5.41, 5.74) is 1.77. The van der Waals surface area contributed by atoms with Crippen molar-refractivity contribution in [3.63, 3.8) is 0 Å². The Bertz CT molecular complexity index is 298. The number of pyridine rings is 1. The predicted molar refractivity (Wildman–Crippen MR) is 51.7 cm³/mol. The van der Waals surface area contributed by atoms with Gasteiger partial charge in [0, 0.05) is 18.3 Å². The molecule has 0 bridgehead atoms. The van der Waals surface area contributed by atoms with Crippen LogP contribution < -0.4 is 5.32 Å². The minimum atomic E-state index is 0.0291. The van der Waals surface area contributed by atoms with Gasteiger partial charge in [-0.15, -0.1) is 0 Å². The molecule has 1 saturated heterocycles. The Hall–Kier alpha value is -0.970. The topological polar surface area (TPSA) is 54.4 Å². The van der Waals surface area contributed by atoms with E-state index in [1.807, 2.05) is 12.1 Å². The Morgan fingerprint density at radius 1 is 1.64 bits per heavy atom. The van der Waals surface area contributed by atoms with E-state index in [-0.39, 0.29) is 12.6 Å². The Kier molecular flexibility index (Phi) is 3.08. The van der Waals surface area contributed by atoms with Crippen LogP contribution in [0.5, 0.6) is 0 Å². The molecular weight excluding hydrogens is 180 g/mol. The first-order valence-corrected chi connectivity index (χ1v) is 4.77. The number of aliphatic hydroxyl groups is 1. The lowest BCUT2D eigenvalue weighted by Gasteiger charge is -2.24. The van der Waals surface area contributed by atoms with Gasteiger partial charge in [0.25, 0.3) is 0 Å². The molecule has 0 aromatic carbocycles. The van der Waals surface area contributed by atoms with Crippen LogP contribution in [-0.2, 0) is 11.3 Å². The zero-order valence-corrected chi connectivity index (χ0v) is 7.94. The van der Waals surface area contributed by atoms with Crippen molar-refractivity contribution in [3.8, 4) is 0 Å². The lowest BCUT2D eigenvalue weighted by Crippen LogP contribution is -2.35. The van der Waals surface area contributed by atoms with Gasteiger partial charge >= 0.3 is 0 Å². The SMILES string of the molecule is OCc1cccnc1C1COCCN1. The zero-order valence-electron chi connectivity index (χ0n) is 7.94. The van der Waals surface area contributed by atoms with Crippen LogP contribution in [0.2, 0.25) is 0 Å². The molecule has 0 spiro atoms. The first-order chi connectivity index (χ1) is 6.92. The molecule has 1 unspecified atom stereocenters. The molecule has 1 aliphatic heterocycles. The average Bonchev–Trinajstić information content (AvgIpc) is 2.30. The van der Waals surface area contributed by atoms with Crippen LogP contribution in [0.4, 0.5) is 0 Å². The van der Waals surface area contributed by atoms with E-state index in [9.17, 15) is 0 Å². The summed E-state index contributed by atoms with van der Waals surface area (Å²) >= 11 is 0. The number of rotatable bonds is 2. The lowest BCUT2D eigenvalue weighted by molar-refractivity contribution is 0.0748. The highest BCUT2D eigenvalue weighted by Gasteiger charge is 2.18. The van der Waals surface area contributed by atoms with Crippen LogP contribution in [0.1, 0.15) is 17.3 Å². The van der Waals surface area contributed by atoms with Gasteiger partial charge in [-0.1, -0.05) is 6.07 Å². The minimum Gasteiger partial charge on any atom is -0.392 e. The maximum Gasteiger partial charge on any atom is 0.0737 e. The van der Waals surface area contributed by atoms with E-state index in [1.54, 1.807) is 6.20 Å². The molecule has 76 valence electrons. The van der Waals surface area contributed by atoms with Gasteiger partial charge in [-0.2, -0.15) is 0 Å². The van der Waals surface area contributed by atoms with Crippen LogP contribution in [0, 0.1) is 0 Å². The summed E-state index contributed by atoms with van der Waals surface area (Å²) in [5, 5.41) is 12.5. The molecule has 4 heteroatoms. The largest absolute Gasteiger partial charge is 0.392 e. The summed E-state index contributed by atoms with van der Waals surface area (Å²) in [6.45, 7) is 2.25. The number of nitrogens with zero attached hydrogens (tertiary/aromatic N) is 1. The number of morpholine rings is 1. The molecule has 2 N–H and O–H groups in total. The second-order valence-electron chi connectivity index (χ2n) is 3.29. The molecular formula is C10H14N2O2. The summed E-state index contributed by atoms with van der Waals surface area (Å²) in [4.78, 5) is 4.27. The summed E-state index contributed by atoms with van der Waals surface area (Å²) in [5.74, 6) is 0. The third kappa shape index (κ3) is 1.92. The molecule has 0 amide bonds. The van der Waals surface area contributed by atoms with Gasteiger partial charge in [0.1, 0.15) is 0 Å². The molecule has 0 aliphatic carbocycles. The summed E-state index contributed by atoms with van der Waals surface area (Å²) in [6.07, 6.45) is 1.74. The molecule has 4 nitrogen and oxygen atoms in total. The van der Waals surface area contributed by atoms with E-state index in [2.05, 4.69) is 10.3 Å². The van der Waals surface area contributed by atoms with E-state index in [1.165, 1.54) is 0 Å². The van der Waals surface area contributed by atoms with Crippen LogP contribution >= 0.6 is 0 Å². The molecule has 1 aliphatic rings. The van der Waals surface area contributed by atoms with E-state index in [0.29, 0.717) is 6.61 Å². The van der Waals surface area contributed by atoms with Crippen molar-refractivity contribution in [3.05, 3.63) is 29.6 Å². The highest BCUT2D eigenvalue weighted by atomic mass is 16.5. The molecule has 1 fully saturated rings. The van der Waals surface area contributed by atoms with Crippen LogP contribution in [0.3, 0.4) is 0 Å². The number of ether oxygens (including phenoxy) is 1. The molecule has 14 heavy (non-hydrogen) atoms. The van der Waals surface area contributed by atoms with Gasteiger partial charge in [0.05, 0.1) is 31.6 Å². The van der Waals surface area contributed by atoms with Crippen molar-refractivity contribution in [2.24, 2.45) is 0 Å². The van der Waals surface area contributed by atoms with Crippen LogP contribution in [-0.4, -0.2) is 29.8 Å². The van der Waals surface area contributed by atoms with Crippen molar-refractivity contribution < 1.29 is 9.84 Å². The van der Waals surface area contributed by atoms with E-state index >= 15 is 0 Å². The van der Waals surface area contributed by atoms with Gasteiger partial charge in [0.2, 0.25) is 0 Å². The van der Waals surface area contributed by atoms with Gasteiger partial charge < -0.3 is 15.2 Å². The zero-order chi connectivity index (χ0) is 9.80. The van der Waals surface area contributed by atoms with Crippen LogP contribution in [0.25, 0.3) is 0 Å². The molecule has 2 heterocycles. The lowest BCUT2D eigenvalue weighted by atomic mass is 10.1. The summed E-state index contributed by atoms with van der Waals surface area (Å²) < 4.78 is 5.35. The van der Waals surface area contributed by atoms with E-state index in [0.717, 1.165) is 24.4 Å². The van der Waals surface area contributed by atoms with Crippen molar-refractivity contribution in [2.45, 2.75) is 12.6 Å². The monoisotopic (exact) mass is 194 g/mol. The van der Waals surface area contributed by atoms with Crippen molar-refractivity contribution in [2.75, 3.05) is 19.8 Å². The Balaban J connectivity index is 2.20. The number of aromatic nitrogens is 1. The molecule has 0 saturated carbocycles. The number of nitrogens with one attached hydrogen (secondary N) is 1. The fourth-order valence-electron chi connectivity index (χ4n) is 1.64. The van der Waals surface area contributed by atoms with E-state index in [4.69, 9.17) is 9.84 Å². The standard InChI is InChI=1S/C10H14N2O2/c13-6-8-2-1-3-12-10(8)9-7-14-5-4-11-9/h1-3,9,11,13H,4-7H2. The molecule has 1 aromatic rings. The Morgan fingerprint density at radius 3 is 3.29 bits per heavy atom. The molecule has 1 atom stereocenters. The van der Waals surface area contributed by atoms with Gasteiger partial charge in [-0.3, -0.25) is 4.98 Å². The Labute approximate surface area is 82.9 Å². The average molecular weight is 194 g/mol. The fourth-order valence-corrected chi connectivity index (χ4v) is 1.64. The highest BCUT2D eigenvalue weighted by Crippen LogP contribution is 2.17. The number of hydrogen-bond acceptors (Lipinski definition) is 4. The molecule has 2 rings (SSSR count). The predicted octanol–water partition coefficient (Wildman–Crippen LogP) is 0.235. The van der Waals surface area contributed by atoms with Crippen molar-refractivity contribution in [1.29, 1.82) is 0 Å². The minimum absolute atomic E-state index is 0.0291. The fraction of sp³-hybridized carbons (Fsp3) is 0.500. The maximum atomic E-state index is 9.14. The second kappa shape index (κ2) is 4.50. The van der Waals surface area contributed by atoms with Crippen LogP contribution in [0.15, 0.2) is 18.3 Å². The first kappa shape index (κ1) is 9.58. The Morgan fingerprint density at radius 2 is 2.57 bits per heavy atom. The van der Waals surface area contributed by atoms with Crippen molar-refractivity contribution in [1.82, 2.24) is 10.3 Å². The third-order valence-corrected chi connectivity index (χ3v) is 2.35. The number of aliphatic hydroxyl groups excluding tert-OH is 1. The highest BCUT2D eigenvalue weighted by molar-refractivity contribution is 5.22. The molecule has 0 radical (unpaired) electrons. The third-order valence-electron chi connectivity index (χ3n) is 2.35. The molecule has 1 aromatic heterocycles. The quantitative estimate of drug-likeness (QED) is 0.708. The summed E-state index contributed by atoms with van der Waals surface area (Å²) in [6, 6.07) is 3.84. The first-order valence-electron chi connectivity index (χ1n) is 4.77. The van der Waals surface area contributed by atoms with Gasteiger partial charge in [-0.05, 0) is 6.07 Å². The summed E-state index contributed by atoms with van der Waals surface area (Å²) in [7, 11) is 0. The second-order valence-corrected chi connectivity index (χ2v) is 3.29. The smallest absolute Gasteiger partial charge is 0.0737 e. The van der Waals surface area contributed by atoms with E-state index < -0.39 is 0 Å². The van der Waals surface area contributed by atoms with Gasteiger partial charge in [0.15, 0.2) is 0 Å². The van der Waals surface area contributed by atoms with Gasteiger partial charge in [-0.25, -0.2) is 0 Å². The number of hydrogen-bond donors (Lipinski definition) is 2.